The van der Waals surface area contributed by atoms with Gasteiger partial charge >= 0.3 is 12.1 Å². The first-order chi connectivity index (χ1) is 27.9. The Balaban J connectivity index is 1.12. The second-order valence-electron chi connectivity index (χ2n) is 16.8. The predicted octanol–water partition coefficient (Wildman–Crippen LogP) is 7.40. The highest BCUT2D eigenvalue weighted by molar-refractivity contribution is 6.02. The summed E-state index contributed by atoms with van der Waals surface area (Å²) in [5, 5.41) is 13.5. The number of amides is 2. The molecule has 8 rings (SSSR count). The van der Waals surface area contributed by atoms with Gasteiger partial charge in [0.25, 0.3) is 11.8 Å². The number of carbonyl (C=O) groups is 3. The van der Waals surface area contributed by atoms with Crippen LogP contribution in [0.4, 0.5) is 32.3 Å². The zero-order valence-electron chi connectivity index (χ0n) is 32.5. The third-order valence-electron chi connectivity index (χ3n) is 13.0. The second-order valence-corrected chi connectivity index (χ2v) is 16.8. The number of piperazine rings is 1. The first-order valence-corrected chi connectivity index (χ1v) is 20.0. The molecule has 59 heavy (non-hydrogen) atoms. The van der Waals surface area contributed by atoms with Gasteiger partial charge in [-0.1, -0.05) is 19.9 Å². The van der Waals surface area contributed by atoms with Crippen LogP contribution in [0.1, 0.15) is 97.7 Å². The molecule has 5 atom stereocenters. The number of carboxylic acids is 1. The normalized spacial score (nSPS) is 26.2. The van der Waals surface area contributed by atoms with Gasteiger partial charge in [0.05, 0.1) is 18.0 Å². The van der Waals surface area contributed by atoms with Crippen LogP contribution in [0.25, 0.3) is 22.3 Å². The first-order valence-electron chi connectivity index (χ1n) is 20.0. The number of alkyl halides is 5. The van der Waals surface area contributed by atoms with Crippen molar-refractivity contribution in [1.82, 2.24) is 34.7 Å². The van der Waals surface area contributed by atoms with Crippen molar-refractivity contribution in [2.45, 2.75) is 88.9 Å². The van der Waals surface area contributed by atoms with Crippen molar-refractivity contribution in [3.8, 4) is 11.4 Å². The van der Waals surface area contributed by atoms with Crippen LogP contribution in [0.3, 0.4) is 0 Å². The standard InChI is InChI=1S/C41H44F6N8O4/c1-22-13-24-15-23(2)40(37(58)59,26(14-22)16-24)52-35(56)30-20-48-34(51-33(30)41(45,46)47)31-21-55(28-5-7-39(43,44)8-6-28)32-17-25(3-4-29(31)32)36(57)53-9-11-54(12-10-53)38-49-18-27(42)19-50-38/h3-4,17-24,26,28H,5-16H2,1-2H3,(H,52,56)(H,58,59). The molecule has 0 spiro atoms. The van der Waals surface area contributed by atoms with Crippen LogP contribution in [0.2, 0.25) is 0 Å². The largest absolute Gasteiger partial charge is 0.479 e. The molecule has 18 heteroatoms. The number of hydrogen-bond donors (Lipinski definition) is 2. The van der Waals surface area contributed by atoms with E-state index in [2.05, 4.69) is 25.3 Å². The van der Waals surface area contributed by atoms with E-state index in [1.165, 1.54) is 12.3 Å². The zero-order chi connectivity index (χ0) is 42.0. The van der Waals surface area contributed by atoms with Gasteiger partial charge < -0.3 is 24.8 Å². The van der Waals surface area contributed by atoms with Crippen molar-refractivity contribution in [3.05, 3.63) is 65.6 Å². The Morgan fingerprint density at radius 1 is 0.915 bits per heavy atom. The summed E-state index contributed by atoms with van der Waals surface area (Å²) in [6, 6.07) is 4.20. The van der Waals surface area contributed by atoms with E-state index in [1.54, 1.807) is 28.5 Å². The van der Waals surface area contributed by atoms with Gasteiger partial charge in [-0.05, 0) is 74.3 Å². The van der Waals surface area contributed by atoms with E-state index >= 15 is 0 Å². The Bertz CT molecular complexity index is 2260. The Kier molecular flexibility index (Phi) is 10.3. The minimum atomic E-state index is -5.15. The maximum Gasteiger partial charge on any atom is 0.434 e. The quantitative estimate of drug-likeness (QED) is 0.182. The maximum absolute atomic E-state index is 14.9. The van der Waals surface area contributed by atoms with Crippen LogP contribution < -0.4 is 10.2 Å². The number of hydrogen-bond acceptors (Lipinski definition) is 8. The number of anilines is 1. The molecule has 2 bridgehead atoms. The summed E-state index contributed by atoms with van der Waals surface area (Å²) in [4.78, 5) is 60.2. The number of fused-ring (bicyclic) bond motifs is 3. The summed E-state index contributed by atoms with van der Waals surface area (Å²) in [6.07, 6.45) is 1.06. The lowest BCUT2D eigenvalue weighted by Gasteiger charge is -2.52. The van der Waals surface area contributed by atoms with Gasteiger partial charge in [0.2, 0.25) is 11.9 Å². The fraction of sp³-hybridized carbons (Fsp3) is 0.537. The van der Waals surface area contributed by atoms with Crippen LogP contribution >= 0.6 is 0 Å². The number of rotatable bonds is 7. The van der Waals surface area contributed by atoms with Crippen LogP contribution in [0.15, 0.2) is 43.0 Å². The van der Waals surface area contributed by atoms with Gasteiger partial charge in [-0.3, -0.25) is 9.59 Å². The maximum atomic E-state index is 14.9. The Hall–Kier alpha value is -5.29. The SMILES string of the molecule is CC1CC2CC(C)C(NC(=O)c3cnc(-c4cn(C5CCC(F)(F)CC5)c5cc(C(=O)N6CCN(c7ncc(F)cn7)CC6)ccc45)nc3C(F)(F)F)(C(=O)O)C(C1)C2. The molecule has 2 N–H and O–H groups in total. The number of nitrogens with one attached hydrogen (secondary N) is 1. The van der Waals surface area contributed by atoms with Crippen LogP contribution in [-0.2, 0) is 11.0 Å². The van der Waals surface area contributed by atoms with E-state index in [0.29, 0.717) is 62.3 Å². The van der Waals surface area contributed by atoms with Crippen molar-refractivity contribution in [3.63, 3.8) is 0 Å². The molecule has 4 aliphatic rings. The van der Waals surface area contributed by atoms with E-state index in [-0.39, 0.29) is 47.5 Å². The minimum absolute atomic E-state index is 0.0693. The van der Waals surface area contributed by atoms with E-state index < -0.39 is 77.3 Å². The summed E-state index contributed by atoms with van der Waals surface area (Å²) in [5.41, 5.74) is -3.44. The lowest BCUT2D eigenvalue weighted by molar-refractivity contribution is -0.155. The summed E-state index contributed by atoms with van der Waals surface area (Å²) >= 11 is 0. The number of carboxylic acid groups (broad SMARTS) is 1. The van der Waals surface area contributed by atoms with Gasteiger partial charge in [-0.25, -0.2) is 37.9 Å². The highest BCUT2D eigenvalue weighted by Gasteiger charge is 2.57. The zero-order valence-corrected chi connectivity index (χ0v) is 32.5. The van der Waals surface area contributed by atoms with Crippen molar-refractivity contribution >= 4 is 34.6 Å². The molecule has 1 aromatic carbocycles. The van der Waals surface area contributed by atoms with E-state index in [9.17, 15) is 45.8 Å². The molecule has 3 aliphatic carbocycles. The number of halogens is 6. The minimum Gasteiger partial charge on any atom is -0.479 e. The molecule has 2 amide bonds. The van der Waals surface area contributed by atoms with Crippen molar-refractivity contribution in [2.24, 2.45) is 23.7 Å². The van der Waals surface area contributed by atoms with Crippen molar-refractivity contribution < 1.29 is 45.8 Å². The van der Waals surface area contributed by atoms with Crippen LogP contribution in [0.5, 0.6) is 0 Å². The van der Waals surface area contributed by atoms with Crippen molar-refractivity contribution in [1.29, 1.82) is 0 Å². The van der Waals surface area contributed by atoms with Gasteiger partial charge in [-0.2, -0.15) is 13.2 Å². The fourth-order valence-corrected chi connectivity index (χ4v) is 10.1. The van der Waals surface area contributed by atoms with Crippen LogP contribution in [0, 0.1) is 29.5 Å². The number of carbonyl (C=O) groups excluding carboxylic acids is 2. The Labute approximate surface area is 335 Å². The summed E-state index contributed by atoms with van der Waals surface area (Å²) in [7, 11) is 0. The number of nitrogens with zero attached hydrogens (tertiary/aromatic N) is 7. The van der Waals surface area contributed by atoms with E-state index in [1.807, 2.05) is 11.8 Å². The first kappa shape index (κ1) is 40.5. The third-order valence-corrected chi connectivity index (χ3v) is 13.0. The molecular weight excluding hydrogens is 782 g/mol. The van der Waals surface area contributed by atoms with Gasteiger partial charge in [-0.15, -0.1) is 0 Å². The summed E-state index contributed by atoms with van der Waals surface area (Å²) in [6.45, 7) is 5.05. The lowest BCUT2D eigenvalue weighted by atomic mass is 9.56. The fourth-order valence-electron chi connectivity index (χ4n) is 10.1. The molecule has 3 saturated carbocycles. The Morgan fingerprint density at radius 3 is 2.27 bits per heavy atom. The molecule has 4 aromatic rings. The van der Waals surface area contributed by atoms with E-state index in [4.69, 9.17) is 0 Å². The molecule has 4 fully saturated rings. The molecule has 0 radical (unpaired) electrons. The van der Waals surface area contributed by atoms with Gasteiger partial charge in [0.1, 0.15) is 5.54 Å². The monoisotopic (exact) mass is 826 g/mol. The van der Waals surface area contributed by atoms with Gasteiger partial charge in [0.15, 0.2) is 17.3 Å². The average Bonchev–Trinajstić information content (AvgIpc) is 3.57. The molecule has 314 valence electrons. The molecule has 1 aliphatic heterocycles. The molecule has 3 aromatic heterocycles. The van der Waals surface area contributed by atoms with Gasteiger partial charge in [0, 0.05) is 79.5 Å². The smallest absolute Gasteiger partial charge is 0.434 e. The molecule has 1 saturated heterocycles. The van der Waals surface area contributed by atoms with Crippen LogP contribution in [-0.4, -0.2) is 89.9 Å². The lowest BCUT2D eigenvalue weighted by Crippen LogP contribution is -2.66. The third kappa shape index (κ3) is 7.58. The topological polar surface area (TPSA) is 146 Å². The molecular formula is C41H44F6N8O4. The summed E-state index contributed by atoms with van der Waals surface area (Å²) < 4.78 is 88.3. The predicted molar refractivity (Wildman–Crippen MR) is 202 cm³/mol. The Morgan fingerprint density at radius 2 is 1.61 bits per heavy atom. The average molecular weight is 827 g/mol. The highest BCUT2D eigenvalue weighted by Crippen LogP contribution is 2.51. The molecule has 5 unspecified atom stereocenters. The number of benzene rings is 1. The number of aromatic nitrogens is 5. The molecule has 4 heterocycles. The number of aliphatic carboxylic acids is 1. The van der Waals surface area contributed by atoms with Crippen molar-refractivity contribution in [2.75, 3.05) is 31.1 Å². The second kappa shape index (κ2) is 15.1. The summed E-state index contributed by atoms with van der Waals surface area (Å²) in [5.74, 6) is -6.93. The van der Waals surface area contributed by atoms with E-state index in [0.717, 1.165) is 25.0 Å². The molecule has 12 nitrogen and oxygen atoms in total. The highest BCUT2D eigenvalue weighted by atomic mass is 19.4.